The molecule has 2 aliphatic rings. The Balaban J connectivity index is 1.31. The van der Waals surface area contributed by atoms with E-state index >= 15 is 0 Å². The van der Waals surface area contributed by atoms with Crippen molar-refractivity contribution >= 4 is 23.0 Å². The highest BCUT2D eigenvalue weighted by Crippen LogP contribution is 2.33. The van der Waals surface area contributed by atoms with E-state index in [1.54, 1.807) is 11.0 Å². The van der Waals surface area contributed by atoms with Crippen LogP contribution in [0.25, 0.3) is 11.0 Å². The Kier molecular flexibility index (Phi) is 5.42. The van der Waals surface area contributed by atoms with Crippen LogP contribution in [-0.2, 0) is 9.53 Å². The number of rotatable bonds is 3. The van der Waals surface area contributed by atoms with E-state index in [2.05, 4.69) is 5.16 Å². The molecule has 2 saturated heterocycles. The van der Waals surface area contributed by atoms with E-state index in [0.29, 0.717) is 31.6 Å². The van der Waals surface area contributed by atoms with E-state index in [1.807, 2.05) is 25.7 Å². The lowest BCUT2D eigenvalue weighted by Crippen LogP contribution is -2.54. The van der Waals surface area contributed by atoms with E-state index in [9.17, 15) is 14.0 Å². The molecule has 1 aromatic carbocycles. The number of piperidine rings is 1. The molecule has 2 aliphatic heterocycles. The standard InChI is InChI=1S/C22H28FN3O4/c1-22(2,3)29-21(28)26-11-8-16(26)13-19(27)25-9-6-14(7-10-25)20-17-5-4-15(23)12-18(17)30-24-20/h4-5,12,14,16H,6-11,13H2,1-3H3. The summed E-state index contributed by atoms with van der Waals surface area (Å²) in [6.45, 7) is 7.42. The predicted octanol–water partition coefficient (Wildman–Crippen LogP) is 4.07. The Morgan fingerprint density at radius 2 is 1.93 bits per heavy atom. The Bertz CT molecular complexity index is 943. The minimum atomic E-state index is -0.541. The monoisotopic (exact) mass is 417 g/mol. The van der Waals surface area contributed by atoms with Gasteiger partial charge >= 0.3 is 6.09 Å². The zero-order chi connectivity index (χ0) is 21.5. The fourth-order valence-electron chi connectivity index (χ4n) is 4.17. The van der Waals surface area contributed by atoms with E-state index in [4.69, 9.17) is 9.26 Å². The minimum absolute atomic E-state index is 0.0683. The number of hydrogen-bond donors (Lipinski definition) is 0. The fraction of sp³-hybridized carbons (Fsp3) is 0.591. The molecular weight excluding hydrogens is 389 g/mol. The lowest BCUT2D eigenvalue weighted by atomic mass is 9.91. The molecule has 4 rings (SSSR count). The maximum atomic E-state index is 13.4. The molecular formula is C22H28FN3O4. The van der Waals surface area contributed by atoms with Crippen LogP contribution in [-0.4, -0.2) is 58.2 Å². The molecule has 0 N–H and O–H groups in total. The summed E-state index contributed by atoms with van der Waals surface area (Å²) < 4.78 is 24.1. The van der Waals surface area contributed by atoms with Gasteiger partial charge in [-0.25, -0.2) is 9.18 Å². The van der Waals surface area contributed by atoms with Crippen molar-refractivity contribution in [2.75, 3.05) is 19.6 Å². The van der Waals surface area contributed by atoms with Crippen molar-refractivity contribution < 1.29 is 23.2 Å². The lowest BCUT2D eigenvalue weighted by molar-refractivity contribution is -0.134. The van der Waals surface area contributed by atoms with Gasteiger partial charge in [-0.2, -0.15) is 0 Å². The summed E-state index contributed by atoms with van der Waals surface area (Å²) in [7, 11) is 0. The van der Waals surface area contributed by atoms with E-state index < -0.39 is 5.60 Å². The minimum Gasteiger partial charge on any atom is -0.444 e. The molecule has 0 saturated carbocycles. The highest BCUT2D eigenvalue weighted by Gasteiger charge is 2.38. The van der Waals surface area contributed by atoms with Crippen molar-refractivity contribution in [1.82, 2.24) is 15.0 Å². The normalized spacial score (nSPS) is 20.3. The zero-order valence-electron chi connectivity index (χ0n) is 17.7. The largest absolute Gasteiger partial charge is 0.444 e. The fourth-order valence-corrected chi connectivity index (χ4v) is 4.17. The SMILES string of the molecule is CC(C)(C)OC(=O)N1CCC1CC(=O)N1CCC(c2noc3cc(F)ccc23)CC1. The first kappa shape index (κ1) is 20.6. The van der Waals surface area contributed by atoms with Gasteiger partial charge in [-0.3, -0.25) is 4.79 Å². The molecule has 1 atom stereocenters. The molecule has 7 nitrogen and oxygen atoms in total. The molecule has 1 unspecified atom stereocenters. The topological polar surface area (TPSA) is 75.9 Å². The van der Waals surface area contributed by atoms with Crippen LogP contribution in [0.15, 0.2) is 22.7 Å². The maximum Gasteiger partial charge on any atom is 0.410 e. The molecule has 0 radical (unpaired) electrons. The first-order chi connectivity index (χ1) is 14.2. The summed E-state index contributed by atoms with van der Waals surface area (Å²) in [6.07, 6.45) is 2.37. The smallest absolute Gasteiger partial charge is 0.410 e. The van der Waals surface area contributed by atoms with Crippen molar-refractivity contribution in [3.63, 3.8) is 0 Å². The maximum absolute atomic E-state index is 13.4. The van der Waals surface area contributed by atoms with Crippen LogP contribution in [0.3, 0.4) is 0 Å². The van der Waals surface area contributed by atoms with Gasteiger partial charge in [0.05, 0.1) is 5.69 Å². The molecule has 2 amide bonds. The number of hydrogen-bond acceptors (Lipinski definition) is 5. The Labute approximate surface area is 175 Å². The highest BCUT2D eigenvalue weighted by molar-refractivity contribution is 5.80. The number of likely N-dealkylation sites (tertiary alicyclic amines) is 2. The van der Waals surface area contributed by atoms with E-state index in [1.165, 1.54) is 12.1 Å². The second kappa shape index (κ2) is 7.89. The summed E-state index contributed by atoms with van der Waals surface area (Å²) in [4.78, 5) is 28.5. The summed E-state index contributed by atoms with van der Waals surface area (Å²) >= 11 is 0. The summed E-state index contributed by atoms with van der Waals surface area (Å²) in [6, 6.07) is 4.38. The summed E-state index contributed by atoms with van der Waals surface area (Å²) in [5.41, 5.74) is 0.753. The van der Waals surface area contributed by atoms with Gasteiger partial charge in [0.1, 0.15) is 11.4 Å². The number of carbonyl (C=O) groups is 2. The second-order valence-corrected chi connectivity index (χ2v) is 9.18. The quantitative estimate of drug-likeness (QED) is 0.752. The Morgan fingerprint density at radius 3 is 2.57 bits per heavy atom. The number of amides is 2. The van der Waals surface area contributed by atoms with Crippen molar-refractivity contribution in [3.8, 4) is 0 Å². The van der Waals surface area contributed by atoms with Crippen molar-refractivity contribution in [3.05, 3.63) is 29.7 Å². The predicted molar refractivity (Wildman–Crippen MR) is 108 cm³/mol. The third kappa shape index (κ3) is 4.27. The molecule has 30 heavy (non-hydrogen) atoms. The first-order valence-corrected chi connectivity index (χ1v) is 10.5. The number of halogens is 1. The van der Waals surface area contributed by atoms with Crippen molar-refractivity contribution in [1.29, 1.82) is 0 Å². The van der Waals surface area contributed by atoms with Crippen LogP contribution >= 0.6 is 0 Å². The number of nitrogens with zero attached hydrogens (tertiary/aromatic N) is 3. The Hall–Kier alpha value is -2.64. The lowest BCUT2D eigenvalue weighted by Gasteiger charge is -2.42. The van der Waals surface area contributed by atoms with Gasteiger partial charge in [-0.1, -0.05) is 5.16 Å². The van der Waals surface area contributed by atoms with Gasteiger partial charge < -0.3 is 19.1 Å². The molecule has 0 bridgehead atoms. The van der Waals surface area contributed by atoms with Crippen LogP contribution in [0, 0.1) is 5.82 Å². The van der Waals surface area contributed by atoms with Crippen molar-refractivity contribution in [2.24, 2.45) is 0 Å². The number of benzene rings is 1. The molecule has 2 fully saturated rings. The summed E-state index contributed by atoms with van der Waals surface area (Å²) in [5.74, 6) is -0.0939. The molecule has 2 aromatic rings. The van der Waals surface area contributed by atoms with Crippen LogP contribution in [0.2, 0.25) is 0 Å². The van der Waals surface area contributed by atoms with Gasteiger partial charge in [0, 0.05) is 49.5 Å². The average Bonchev–Trinajstić information content (AvgIpc) is 3.06. The van der Waals surface area contributed by atoms with E-state index in [-0.39, 0.29) is 29.8 Å². The second-order valence-electron chi connectivity index (χ2n) is 9.18. The number of aromatic nitrogens is 1. The van der Waals surface area contributed by atoms with Crippen LogP contribution in [0.1, 0.15) is 58.1 Å². The van der Waals surface area contributed by atoms with Gasteiger partial charge in [-0.05, 0) is 52.2 Å². The van der Waals surface area contributed by atoms with E-state index in [0.717, 1.165) is 30.3 Å². The molecule has 1 aromatic heterocycles. The number of ether oxygens (including phenoxy) is 1. The number of fused-ring (bicyclic) bond motifs is 1. The molecule has 8 heteroatoms. The van der Waals surface area contributed by atoms with Crippen molar-refractivity contribution in [2.45, 2.75) is 64.0 Å². The average molecular weight is 417 g/mol. The van der Waals surface area contributed by atoms with Gasteiger partial charge in [0.2, 0.25) is 5.91 Å². The highest BCUT2D eigenvalue weighted by atomic mass is 19.1. The molecule has 0 spiro atoms. The summed E-state index contributed by atoms with van der Waals surface area (Å²) in [5, 5.41) is 4.99. The Morgan fingerprint density at radius 1 is 1.20 bits per heavy atom. The van der Waals surface area contributed by atoms with Crippen LogP contribution in [0.5, 0.6) is 0 Å². The van der Waals surface area contributed by atoms with Gasteiger partial charge in [0.15, 0.2) is 5.58 Å². The number of carbonyl (C=O) groups excluding carboxylic acids is 2. The van der Waals surface area contributed by atoms with Gasteiger partial charge in [-0.15, -0.1) is 0 Å². The zero-order valence-corrected chi connectivity index (χ0v) is 17.7. The van der Waals surface area contributed by atoms with Gasteiger partial charge in [0.25, 0.3) is 0 Å². The third-order valence-corrected chi connectivity index (χ3v) is 5.88. The first-order valence-electron chi connectivity index (χ1n) is 10.5. The van der Waals surface area contributed by atoms with Crippen LogP contribution < -0.4 is 0 Å². The molecule has 162 valence electrons. The molecule has 0 aliphatic carbocycles. The molecule has 3 heterocycles. The third-order valence-electron chi connectivity index (χ3n) is 5.88. The van der Waals surface area contributed by atoms with Crippen LogP contribution in [0.4, 0.5) is 9.18 Å².